The molecule has 42 heavy (non-hydrogen) atoms. The second-order valence-corrected chi connectivity index (χ2v) is 10.2. The molecule has 1 aliphatic rings. The van der Waals surface area contributed by atoms with Gasteiger partial charge in [0.05, 0.1) is 31.2 Å². The van der Waals surface area contributed by atoms with Crippen LogP contribution in [0.15, 0.2) is 85.1 Å². The lowest BCUT2D eigenvalue weighted by molar-refractivity contribution is -0.117. The van der Waals surface area contributed by atoms with Gasteiger partial charge in [-0.15, -0.1) is 0 Å². The third-order valence-corrected chi connectivity index (χ3v) is 7.22. The van der Waals surface area contributed by atoms with Crippen molar-refractivity contribution in [1.82, 2.24) is 19.4 Å². The maximum Gasteiger partial charge on any atom is 0.254 e. The van der Waals surface area contributed by atoms with E-state index in [9.17, 15) is 9.59 Å². The van der Waals surface area contributed by atoms with Gasteiger partial charge in [0, 0.05) is 49.6 Å². The van der Waals surface area contributed by atoms with Crippen LogP contribution in [0.2, 0.25) is 0 Å². The van der Waals surface area contributed by atoms with E-state index < -0.39 is 0 Å². The normalized spacial score (nSPS) is 13.5. The second-order valence-electron chi connectivity index (χ2n) is 10.2. The topological polar surface area (TPSA) is 88.9 Å². The molecule has 3 aromatic carbocycles. The van der Waals surface area contributed by atoms with E-state index >= 15 is 0 Å². The van der Waals surface area contributed by atoms with Crippen LogP contribution in [-0.2, 0) is 9.53 Å². The van der Waals surface area contributed by atoms with E-state index in [1.54, 1.807) is 4.90 Å². The van der Waals surface area contributed by atoms with Crippen molar-refractivity contribution in [3.05, 3.63) is 96.2 Å². The van der Waals surface area contributed by atoms with E-state index in [4.69, 9.17) is 14.5 Å². The van der Waals surface area contributed by atoms with Gasteiger partial charge in [0.15, 0.2) is 0 Å². The number of nitrogens with one attached hydrogen (secondary N) is 1. The summed E-state index contributed by atoms with van der Waals surface area (Å²) in [7, 11) is 0. The number of rotatable bonds is 11. The molecule has 9 nitrogen and oxygen atoms in total. The van der Waals surface area contributed by atoms with Crippen LogP contribution in [0.1, 0.15) is 22.8 Å². The summed E-state index contributed by atoms with van der Waals surface area (Å²) in [5.74, 6) is 0.588. The number of imidazole rings is 1. The molecule has 9 heteroatoms. The molecule has 5 rings (SSSR count). The third-order valence-electron chi connectivity index (χ3n) is 7.22. The van der Waals surface area contributed by atoms with E-state index in [2.05, 4.69) is 10.2 Å². The van der Waals surface area contributed by atoms with Crippen molar-refractivity contribution in [3.63, 3.8) is 0 Å². The molecule has 0 atom stereocenters. The van der Waals surface area contributed by atoms with Gasteiger partial charge >= 0.3 is 0 Å². The van der Waals surface area contributed by atoms with E-state index in [0.717, 1.165) is 35.7 Å². The van der Waals surface area contributed by atoms with Crippen molar-refractivity contribution in [2.24, 2.45) is 0 Å². The standard InChI is InChI=1S/C33H37N5O4/c1-3-42-28-14-9-13-27(22-28)38-23-30(26-11-5-4-6-12-26)34-33(38)35-31(39)24-37(17-16-36-18-20-41-21-19-36)32(40)29-15-8-7-10-25(29)2/h4-15,22-23H,3,16-21,24H2,1-2H3,(H,34,35,39). The SMILES string of the molecule is CCOc1cccc(-n2cc(-c3ccccc3)nc2NC(=O)CN(CCN2CCOCC2)C(=O)c2ccccc2C)c1. The maximum atomic E-state index is 13.7. The van der Waals surface area contributed by atoms with Gasteiger partial charge in [-0.3, -0.25) is 24.4 Å². The molecule has 1 aliphatic heterocycles. The molecule has 1 saturated heterocycles. The molecule has 0 saturated carbocycles. The quantitative estimate of drug-likeness (QED) is 0.284. The Morgan fingerprint density at radius 1 is 1.00 bits per heavy atom. The number of carbonyl (C=O) groups is 2. The average molecular weight is 568 g/mol. The fourth-order valence-electron chi connectivity index (χ4n) is 4.96. The molecule has 1 fully saturated rings. The minimum atomic E-state index is -0.327. The summed E-state index contributed by atoms with van der Waals surface area (Å²) < 4.78 is 13.0. The lowest BCUT2D eigenvalue weighted by Crippen LogP contribution is -2.45. The number of aryl methyl sites for hydroxylation is 1. The van der Waals surface area contributed by atoms with Crippen LogP contribution in [0.4, 0.5) is 5.95 Å². The number of hydrogen-bond donors (Lipinski definition) is 1. The van der Waals surface area contributed by atoms with Gasteiger partial charge < -0.3 is 14.4 Å². The molecule has 218 valence electrons. The van der Waals surface area contributed by atoms with Gasteiger partial charge in [-0.1, -0.05) is 54.6 Å². The minimum absolute atomic E-state index is 0.107. The number of ether oxygens (including phenoxy) is 2. The van der Waals surface area contributed by atoms with Gasteiger partial charge in [0.2, 0.25) is 11.9 Å². The fourth-order valence-corrected chi connectivity index (χ4v) is 4.96. The highest BCUT2D eigenvalue weighted by molar-refractivity contribution is 6.00. The summed E-state index contributed by atoms with van der Waals surface area (Å²) in [6, 6.07) is 24.9. The number of anilines is 1. The number of morpholine rings is 1. The predicted octanol–water partition coefficient (Wildman–Crippen LogP) is 4.66. The summed E-state index contributed by atoms with van der Waals surface area (Å²) in [6.07, 6.45) is 1.89. The molecule has 0 bridgehead atoms. The van der Waals surface area contributed by atoms with Crippen LogP contribution in [0.25, 0.3) is 16.9 Å². The van der Waals surface area contributed by atoms with Crippen LogP contribution in [0, 0.1) is 6.92 Å². The number of benzene rings is 3. The largest absolute Gasteiger partial charge is 0.494 e. The number of nitrogens with zero attached hydrogens (tertiary/aromatic N) is 4. The Balaban J connectivity index is 1.40. The first kappa shape index (κ1) is 29.0. The summed E-state index contributed by atoms with van der Waals surface area (Å²) in [4.78, 5) is 35.9. The Morgan fingerprint density at radius 3 is 2.52 bits per heavy atom. The Morgan fingerprint density at radius 2 is 1.76 bits per heavy atom. The first-order valence-electron chi connectivity index (χ1n) is 14.3. The second kappa shape index (κ2) is 13.9. The van der Waals surface area contributed by atoms with Crippen molar-refractivity contribution in [3.8, 4) is 22.7 Å². The minimum Gasteiger partial charge on any atom is -0.494 e. The highest BCUT2D eigenvalue weighted by Crippen LogP contribution is 2.26. The van der Waals surface area contributed by atoms with Crippen molar-refractivity contribution in [2.75, 3.05) is 57.9 Å². The monoisotopic (exact) mass is 567 g/mol. The van der Waals surface area contributed by atoms with E-state index in [1.807, 2.05) is 103 Å². The summed E-state index contributed by atoms with van der Waals surface area (Å²) in [6.45, 7) is 8.31. The zero-order chi connectivity index (χ0) is 29.3. The molecular formula is C33H37N5O4. The molecule has 0 aliphatic carbocycles. The van der Waals surface area contributed by atoms with Gasteiger partial charge in [-0.25, -0.2) is 4.98 Å². The van der Waals surface area contributed by atoms with Crippen molar-refractivity contribution in [2.45, 2.75) is 13.8 Å². The first-order valence-corrected chi connectivity index (χ1v) is 14.3. The van der Waals surface area contributed by atoms with Crippen LogP contribution in [0.5, 0.6) is 5.75 Å². The van der Waals surface area contributed by atoms with E-state index in [1.165, 1.54) is 0 Å². The van der Waals surface area contributed by atoms with Crippen LogP contribution >= 0.6 is 0 Å². The van der Waals surface area contributed by atoms with Crippen LogP contribution < -0.4 is 10.1 Å². The smallest absolute Gasteiger partial charge is 0.254 e. The van der Waals surface area contributed by atoms with Crippen molar-refractivity contribution < 1.29 is 19.1 Å². The molecule has 0 radical (unpaired) electrons. The predicted molar refractivity (Wildman–Crippen MR) is 163 cm³/mol. The Hall–Kier alpha value is -4.47. The van der Waals surface area contributed by atoms with E-state index in [-0.39, 0.29) is 18.4 Å². The number of amides is 2. The fraction of sp³-hybridized carbons (Fsp3) is 0.303. The van der Waals surface area contributed by atoms with Crippen LogP contribution in [0.3, 0.4) is 0 Å². The van der Waals surface area contributed by atoms with Crippen LogP contribution in [-0.4, -0.2) is 83.7 Å². The Bertz CT molecular complexity index is 1500. The number of aromatic nitrogens is 2. The van der Waals surface area contributed by atoms with Gasteiger partial charge in [0.1, 0.15) is 12.3 Å². The molecule has 4 aromatic rings. The molecule has 0 spiro atoms. The summed E-state index contributed by atoms with van der Waals surface area (Å²) >= 11 is 0. The molecule has 2 heterocycles. The molecule has 1 N–H and O–H groups in total. The molecular weight excluding hydrogens is 530 g/mol. The third kappa shape index (κ3) is 7.23. The Kier molecular flexibility index (Phi) is 9.63. The zero-order valence-electron chi connectivity index (χ0n) is 24.2. The zero-order valence-corrected chi connectivity index (χ0v) is 24.2. The maximum absolute atomic E-state index is 13.7. The highest BCUT2D eigenvalue weighted by Gasteiger charge is 2.23. The van der Waals surface area contributed by atoms with Gasteiger partial charge in [-0.05, 0) is 37.6 Å². The highest BCUT2D eigenvalue weighted by atomic mass is 16.5. The molecule has 0 unspecified atom stereocenters. The summed E-state index contributed by atoms with van der Waals surface area (Å²) in [5.41, 5.74) is 3.90. The van der Waals surface area contributed by atoms with E-state index in [0.29, 0.717) is 50.1 Å². The first-order chi connectivity index (χ1) is 20.5. The van der Waals surface area contributed by atoms with Crippen molar-refractivity contribution in [1.29, 1.82) is 0 Å². The van der Waals surface area contributed by atoms with Gasteiger partial charge in [0.25, 0.3) is 5.91 Å². The summed E-state index contributed by atoms with van der Waals surface area (Å²) in [5, 5.41) is 2.98. The lowest BCUT2D eigenvalue weighted by atomic mass is 10.1. The van der Waals surface area contributed by atoms with Gasteiger partial charge in [-0.2, -0.15) is 0 Å². The number of carbonyl (C=O) groups excluding carboxylic acids is 2. The average Bonchev–Trinajstić information content (AvgIpc) is 3.44. The van der Waals surface area contributed by atoms with Crippen molar-refractivity contribution >= 4 is 17.8 Å². The molecule has 1 aromatic heterocycles. The molecule has 2 amide bonds. The lowest BCUT2D eigenvalue weighted by Gasteiger charge is -2.30. The Labute approximate surface area is 246 Å². The number of hydrogen-bond acceptors (Lipinski definition) is 6.